The Kier molecular flexibility index (Phi) is 5.61. The predicted molar refractivity (Wildman–Crippen MR) is 163 cm³/mol. The number of ether oxygens (including phenoxy) is 1. The molecule has 228 valence electrons. The van der Waals surface area contributed by atoms with E-state index < -0.39 is 0 Å². The third-order valence-corrected chi connectivity index (χ3v) is 15.5. The molecule has 5 heteroatoms. The Morgan fingerprint density at radius 3 is 2.36 bits per heavy atom. The van der Waals surface area contributed by atoms with E-state index in [2.05, 4.69) is 53.1 Å². The Morgan fingerprint density at radius 1 is 0.857 bits per heavy atom. The molecule has 0 amide bonds. The van der Waals surface area contributed by atoms with Crippen molar-refractivity contribution in [1.29, 1.82) is 0 Å². The van der Waals surface area contributed by atoms with Crippen molar-refractivity contribution in [2.24, 2.45) is 50.7 Å². The van der Waals surface area contributed by atoms with Gasteiger partial charge in [0.2, 0.25) is 0 Å². The van der Waals surface area contributed by atoms with Crippen molar-refractivity contribution in [2.75, 3.05) is 6.61 Å². The topological polar surface area (TPSA) is 39.9 Å². The van der Waals surface area contributed by atoms with Crippen LogP contribution in [0.1, 0.15) is 117 Å². The second-order valence-corrected chi connectivity index (χ2v) is 17.8. The minimum Gasteiger partial charge on any atom is -0.377 e. The highest BCUT2D eigenvalue weighted by Gasteiger charge is 2.73. The maximum atomic E-state index is 13.6. The molecule has 9 atom stereocenters. The van der Waals surface area contributed by atoms with Crippen molar-refractivity contribution in [2.45, 2.75) is 124 Å². The number of hydrogen-bond acceptors (Lipinski definition) is 3. The average Bonchev–Trinajstić information content (AvgIpc) is 3.48. The average molecular weight is 574 g/mol. The molecule has 0 N–H and O–H groups in total. The summed E-state index contributed by atoms with van der Waals surface area (Å²) in [5, 5.41) is 9.62. The van der Waals surface area contributed by atoms with Gasteiger partial charge in [0.25, 0.3) is 0 Å². The molecule has 2 heterocycles. The SMILES string of the molecule is CC1(C)CC[C@]23CC[C@]4(C)[C@H](CC[C@@H]5[C@@]6(C)Cc7nnn(Cc8ccc(F)cc8)c7C(C)(C)[C@@H]6CC[C@]54C)[C@H]2[C@H]1OC3. The number of fused-ring (bicyclic) bond motifs is 6. The molecule has 5 aliphatic carbocycles. The Morgan fingerprint density at radius 2 is 1.60 bits per heavy atom. The molecule has 4 nitrogen and oxygen atoms in total. The van der Waals surface area contributed by atoms with Crippen LogP contribution in [-0.4, -0.2) is 27.7 Å². The number of halogens is 1. The van der Waals surface area contributed by atoms with Crippen LogP contribution in [0.4, 0.5) is 4.39 Å². The van der Waals surface area contributed by atoms with Gasteiger partial charge < -0.3 is 4.74 Å². The highest BCUT2D eigenvalue weighted by molar-refractivity contribution is 5.33. The van der Waals surface area contributed by atoms with Crippen molar-refractivity contribution >= 4 is 0 Å². The maximum Gasteiger partial charge on any atom is 0.123 e. The lowest BCUT2D eigenvalue weighted by molar-refractivity contribution is -0.233. The lowest BCUT2D eigenvalue weighted by Gasteiger charge is -2.72. The maximum absolute atomic E-state index is 13.6. The first kappa shape index (κ1) is 27.8. The van der Waals surface area contributed by atoms with Crippen molar-refractivity contribution in [3.05, 3.63) is 47.0 Å². The summed E-state index contributed by atoms with van der Waals surface area (Å²) in [6.07, 6.45) is 12.2. The molecule has 8 rings (SSSR count). The standard InChI is InChI=1S/C37H52FN3O/c1-32(2)16-18-37-19-17-35(6)25(29(37)31(32)42-22-37)12-13-28-34(5)20-26-30(33(3,4)27(34)14-15-36(28,35)7)41(40-39-26)21-23-8-10-24(38)11-9-23/h8-11,25,27-29,31H,12-22H2,1-7H3/t25-,27+,28-,29+,31-,34+,35-,36-,37-/m1/s1. The third kappa shape index (κ3) is 3.33. The zero-order valence-electron chi connectivity index (χ0n) is 27.1. The Balaban J connectivity index is 1.15. The molecule has 1 aromatic heterocycles. The summed E-state index contributed by atoms with van der Waals surface area (Å²) in [6.45, 7) is 19.7. The summed E-state index contributed by atoms with van der Waals surface area (Å²) in [7, 11) is 0. The molecular formula is C37H52FN3O. The Hall–Kier alpha value is -1.75. The predicted octanol–water partition coefficient (Wildman–Crippen LogP) is 8.37. The summed E-state index contributed by atoms with van der Waals surface area (Å²) < 4.78 is 22.5. The van der Waals surface area contributed by atoms with Crippen LogP contribution in [0.15, 0.2) is 24.3 Å². The largest absolute Gasteiger partial charge is 0.377 e. The van der Waals surface area contributed by atoms with Crippen molar-refractivity contribution < 1.29 is 9.13 Å². The summed E-state index contributed by atoms with van der Waals surface area (Å²) in [6, 6.07) is 6.87. The molecule has 2 bridgehead atoms. The van der Waals surface area contributed by atoms with E-state index in [0.29, 0.717) is 46.1 Å². The number of aromatic nitrogens is 3. The molecule has 0 radical (unpaired) electrons. The van der Waals surface area contributed by atoms with Gasteiger partial charge in [-0.2, -0.15) is 0 Å². The molecule has 2 aromatic rings. The van der Waals surface area contributed by atoms with Crippen molar-refractivity contribution in [3.8, 4) is 0 Å². The number of benzene rings is 1. The van der Waals surface area contributed by atoms with Crippen LogP contribution in [0.3, 0.4) is 0 Å². The molecule has 1 aliphatic heterocycles. The minimum atomic E-state index is -0.190. The van der Waals surface area contributed by atoms with E-state index in [1.807, 2.05) is 12.1 Å². The fourth-order valence-corrected chi connectivity index (χ4v) is 13.3. The molecule has 0 spiro atoms. The van der Waals surface area contributed by atoms with Gasteiger partial charge in [0.05, 0.1) is 30.6 Å². The summed E-state index contributed by atoms with van der Waals surface area (Å²) in [5.41, 5.74) is 5.24. The van der Waals surface area contributed by atoms with E-state index in [1.165, 1.54) is 62.8 Å². The lowest BCUT2D eigenvalue weighted by Crippen LogP contribution is -2.67. The van der Waals surface area contributed by atoms with Crippen molar-refractivity contribution in [3.63, 3.8) is 0 Å². The molecular weight excluding hydrogens is 521 g/mol. The zero-order valence-corrected chi connectivity index (χ0v) is 27.1. The van der Waals surface area contributed by atoms with Crippen LogP contribution in [0.2, 0.25) is 0 Å². The lowest BCUT2D eigenvalue weighted by atomic mass is 9.31. The fourth-order valence-electron chi connectivity index (χ4n) is 13.3. The van der Waals surface area contributed by atoms with E-state index in [1.54, 1.807) is 12.1 Å². The highest BCUT2D eigenvalue weighted by Crippen LogP contribution is 2.77. The monoisotopic (exact) mass is 573 g/mol. The smallest absolute Gasteiger partial charge is 0.123 e. The molecule has 1 saturated heterocycles. The van der Waals surface area contributed by atoms with Crippen LogP contribution in [0.25, 0.3) is 0 Å². The van der Waals surface area contributed by atoms with Crippen LogP contribution < -0.4 is 0 Å². The Labute approximate surface area is 252 Å². The molecule has 6 aliphatic rings. The summed E-state index contributed by atoms with van der Waals surface area (Å²) >= 11 is 0. The minimum absolute atomic E-state index is 0.0120. The van der Waals surface area contributed by atoms with Gasteiger partial charge in [0, 0.05) is 5.41 Å². The van der Waals surface area contributed by atoms with Gasteiger partial charge in [0.15, 0.2) is 0 Å². The normalized spacial score (nSPS) is 46.1. The molecule has 4 saturated carbocycles. The number of rotatable bonds is 2. The first-order valence-electron chi connectivity index (χ1n) is 17.0. The zero-order chi connectivity index (χ0) is 29.5. The van der Waals surface area contributed by atoms with E-state index >= 15 is 0 Å². The molecule has 1 aromatic carbocycles. The van der Waals surface area contributed by atoms with Crippen molar-refractivity contribution in [1.82, 2.24) is 15.0 Å². The Bertz CT molecular complexity index is 1410. The second kappa shape index (κ2) is 8.49. The number of nitrogens with zero attached hydrogens (tertiary/aromatic N) is 3. The fraction of sp³-hybridized carbons (Fsp3) is 0.784. The molecule has 5 fully saturated rings. The first-order chi connectivity index (χ1) is 19.8. The van der Waals surface area contributed by atoms with Gasteiger partial charge in [-0.25, -0.2) is 9.07 Å². The van der Waals surface area contributed by atoms with E-state index in [0.717, 1.165) is 30.4 Å². The quantitative estimate of drug-likeness (QED) is 0.362. The molecule has 42 heavy (non-hydrogen) atoms. The van der Waals surface area contributed by atoms with Gasteiger partial charge in [-0.05, 0) is 126 Å². The third-order valence-electron chi connectivity index (χ3n) is 15.5. The van der Waals surface area contributed by atoms with E-state index in [9.17, 15) is 4.39 Å². The second-order valence-electron chi connectivity index (χ2n) is 17.8. The van der Waals surface area contributed by atoms with Gasteiger partial charge in [0.1, 0.15) is 5.82 Å². The van der Waals surface area contributed by atoms with Crippen LogP contribution in [0.5, 0.6) is 0 Å². The highest BCUT2D eigenvalue weighted by atomic mass is 19.1. The van der Waals surface area contributed by atoms with Crippen LogP contribution in [-0.2, 0) is 23.1 Å². The first-order valence-corrected chi connectivity index (χ1v) is 17.0. The van der Waals surface area contributed by atoms with Gasteiger partial charge in [-0.3, -0.25) is 0 Å². The number of hydrogen-bond donors (Lipinski definition) is 0. The van der Waals surface area contributed by atoms with Crippen LogP contribution in [0, 0.1) is 56.6 Å². The van der Waals surface area contributed by atoms with E-state index in [-0.39, 0.29) is 16.6 Å². The molecule has 0 unspecified atom stereocenters. The van der Waals surface area contributed by atoms with Gasteiger partial charge >= 0.3 is 0 Å². The summed E-state index contributed by atoms with van der Waals surface area (Å²) in [5.74, 6) is 2.63. The van der Waals surface area contributed by atoms with Gasteiger partial charge in [-0.15, -0.1) is 5.10 Å². The van der Waals surface area contributed by atoms with Gasteiger partial charge in [-0.1, -0.05) is 65.8 Å². The van der Waals surface area contributed by atoms with Crippen LogP contribution >= 0.6 is 0 Å². The summed E-state index contributed by atoms with van der Waals surface area (Å²) in [4.78, 5) is 0. The van der Waals surface area contributed by atoms with E-state index in [4.69, 9.17) is 15.0 Å².